The lowest BCUT2D eigenvalue weighted by Gasteiger charge is -2.58. The number of ether oxygens (including phenoxy) is 1. The van der Waals surface area contributed by atoms with Gasteiger partial charge in [0.05, 0.1) is 36.3 Å². The molecular weight excluding hydrogens is 461 g/mol. The first-order chi connectivity index (χ1) is 16.1. The maximum atomic E-state index is 15.0. The Balaban J connectivity index is 1.49. The Kier molecular flexibility index (Phi) is 5.15. The summed E-state index contributed by atoms with van der Waals surface area (Å²) in [4.78, 5) is 17.1. The van der Waals surface area contributed by atoms with E-state index in [1.54, 1.807) is 26.1 Å². The molecule has 3 aromatic rings. The van der Waals surface area contributed by atoms with Gasteiger partial charge in [-0.05, 0) is 44.7 Å². The van der Waals surface area contributed by atoms with E-state index in [-0.39, 0.29) is 28.9 Å². The number of hydrogen-bond donors (Lipinski definition) is 5. The number of rotatable bonds is 5. The molecule has 0 bridgehead atoms. The van der Waals surface area contributed by atoms with Crippen LogP contribution < -0.4 is 15.4 Å². The summed E-state index contributed by atoms with van der Waals surface area (Å²) in [5.74, 6) is 0.353. The fraction of sp³-hybridized carbons (Fsp3) is 0.409. The third-order valence-corrected chi connectivity index (χ3v) is 9.64. The van der Waals surface area contributed by atoms with Crippen LogP contribution in [0.3, 0.4) is 0 Å². The Morgan fingerprint density at radius 2 is 2.00 bits per heavy atom. The summed E-state index contributed by atoms with van der Waals surface area (Å²) in [6, 6.07) is 3.18. The van der Waals surface area contributed by atoms with E-state index in [1.807, 2.05) is 0 Å². The first kappa shape index (κ1) is 22.7. The average molecular weight is 488 g/mol. The minimum atomic E-state index is -3.23. The van der Waals surface area contributed by atoms with Crippen LogP contribution in [0.1, 0.15) is 32.3 Å². The molecular formula is C22H26FN7O3S. The van der Waals surface area contributed by atoms with Crippen LogP contribution in [0.25, 0.3) is 11.0 Å². The minimum Gasteiger partial charge on any atom is -0.480 e. The molecule has 0 radical (unpaired) electrons. The van der Waals surface area contributed by atoms with E-state index in [2.05, 4.69) is 30.6 Å². The summed E-state index contributed by atoms with van der Waals surface area (Å²) in [6.45, 7) is 3.38. The molecule has 4 heterocycles. The fourth-order valence-corrected chi connectivity index (χ4v) is 7.05. The Morgan fingerprint density at radius 1 is 1.24 bits per heavy atom. The molecule has 10 nitrogen and oxygen atoms in total. The molecule has 0 unspecified atom stereocenters. The van der Waals surface area contributed by atoms with Gasteiger partial charge in [0.25, 0.3) is 0 Å². The van der Waals surface area contributed by atoms with E-state index in [1.165, 1.54) is 19.4 Å². The van der Waals surface area contributed by atoms with Gasteiger partial charge in [0, 0.05) is 11.8 Å². The summed E-state index contributed by atoms with van der Waals surface area (Å²) < 4.78 is 41.3. The highest BCUT2D eigenvalue weighted by atomic mass is 32.3. The maximum Gasteiger partial charge on any atom is 0.232 e. The van der Waals surface area contributed by atoms with Crippen molar-refractivity contribution in [1.82, 2.24) is 25.3 Å². The van der Waals surface area contributed by atoms with Gasteiger partial charge < -0.3 is 15.4 Å². The van der Waals surface area contributed by atoms with Crippen molar-refractivity contribution in [2.75, 3.05) is 18.2 Å². The normalized spacial score (nSPS) is 27.2. The molecule has 3 aromatic heterocycles. The number of anilines is 2. The van der Waals surface area contributed by atoms with Crippen molar-refractivity contribution in [1.29, 1.82) is 5.41 Å². The molecule has 34 heavy (non-hydrogen) atoms. The molecule has 1 aliphatic heterocycles. The van der Waals surface area contributed by atoms with E-state index >= 15 is 4.39 Å². The van der Waals surface area contributed by atoms with Crippen LogP contribution >= 0.6 is 10.6 Å². The molecule has 2 fully saturated rings. The van der Waals surface area contributed by atoms with Crippen LogP contribution in [0.2, 0.25) is 0 Å². The summed E-state index contributed by atoms with van der Waals surface area (Å²) in [7, 11) is -1.72. The highest BCUT2D eigenvalue weighted by Crippen LogP contribution is 2.66. The number of nitrogens with zero attached hydrogens (tertiary/aromatic N) is 4. The first-order valence-electron chi connectivity index (χ1n) is 10.8. The third kappa shape index (κ3) is 3.53. The number of methoxy groups -OCH3 is 1. The third-order valence-electron chi connectivity index (χ3n) is 6.77. The van der Waals surface area contributed by atoms with Crippen molar-refractivity contribution in [2.45, 2.75) is 37.0 Å². The van der Waals surface area contributed by atoms with Gasteiger partial charge in [-0.3, -0.25) is 14.5 Å². The van der Waals surface area contributed by atoms with Gasteiger partial charge in [-0.1, -0.05) is 0 Å². The largest absolute Gasteiger partial charge is 0.480 e. The van der Waals surface area contributed by atoms with Crippen LogP contribution in [-0.4, -0.2) is 52.5 Å². The van der Waals surface area contributed by atoms with Crippen molar-refractivity contribution in [3.8, 4) is 5.88 Å². The van der Waals surface area contributed by atoms with Gasteiger partial charge in [-0.2, -0.15) is 10.6 Å². The van der Waals surface area contributed by atoms with Gasteiger partial charge in [0.2, 0.25) is 5.88 Å². The van der Waals surface area contributed by atoms with Gasteiger partial charge in [-0.25, -0.2) is 24.3 Å². The van der Waals surface area contributed by atoms with Crippen molar-refractivity contribution >= 4 is 39.1 Å². The van der Waals surface area contributed by atoms with Gasteiger partial charge in [0.15, 0.2) is 5.82 Å². The zero-order valence-electron chi connectivity index (χ0n) is 19.0. The zero-order valence-corrected chi connectivity index (χ0v) is 19.8. The lowest BCUT2D eigenvalue weighted by atomic mass is 9.91. The van der Waals surface area contributed by atoms with Gasteiger partial charge in [-0.15, -0.1) is 0 Å². The highest BCUT2D eigenvalue weighted by Gasteiger charge is 2.59. The summed E-state index contributed by atoms with van der Waals surface area (Å²) in [6.07, 6.45) is 5.78. The predicted molar refractivity (Wildman–Crippen MR) is 128 cm³/mol. The summed E-state index contributed by atoms with van der Waals surface area (Å²) in [5, 5.41) is 14.7. The molecule has 0 spiro atoms. The number of nitrogens with one attached hydrogen (secondary N) is 3. The van der Waals surface area contributed by atoms with E-state index < -0.39 is 26.7 Å². The van der Waals surface area contributed by atoms with Crippen LogP contribution in [0.15, 0.2) is 30.7 Å². The lowest BCUT2D eigenvalue weighted by molar-refractivity contribution is 0.367. The van der Waals surface area contributed by atoms with E-state index in [0.29, 0.717) is 22.7 Å². The number of amidine groups is 1. The zero-order chi connectivity index (χ0) is 24.3. The number of aromatic nitrogens is 4. The van der Waals surface area contributed by atoms with E-state index in [4.69, 9.17) is 10.1 Å². The summed E-state index contributed by atoms with van der Waals surface area (Å²) >= 11 is 0. The second kappa shape index (κ2) is 7.72. The predicted octanol–water partition coefficient (Wildman–Crippen LogP) is 4.03. The maximum absolute atomic E-state index is 15.0. The molecule has 12 heteroatoms. The van der Waals surface area contributed by atoms with E-state index in [9.17, 15) is 9.11 Å². The summed E-state index contributed by atoms with van der Waals surface area (Å²) in [5.41, 5.74) is -0.0100. The van der Waals surface area contributed by atoms with Crippen LogP contribution in [0.5, 0.6) is 5.88 Å². The van der Waals surface area contributed by atoms with Crippen molar-refractivity contribution in [3.05, 3.63) is 42.1 Å². The second-order valence-corrected chi connectivity index (χ2v) is 11.6. The average Bonchev–Trinajstić information content (AvgIpc) is 3.64. The van der Waals surface area contributed by atoms with Gasteiger partial charge in [0.1, 0.15) is 27.7 Å². The quantitative estimate of drug-likeness (QED) is 0.359. The minimum absolute atomic E-state index is 0.0226. The number of halogens is 1. The standard InChI is InChI=1S/C22H26FN7O3S/c1-21(11-34(31,32)22(2,12-4-5-12)20(24)30-21)13-8-16(26-9-14(13)23)29-19-18-15(6-7-25-19)28-17(33-3)10-27-18/h6-10,12,31-32H,4-5,11H2,1-3H3,(H2,24,30)(H,25,26,29)/t21-,22-/m0/s1. The molecule has 2 aliphatic rings. The number of pyridine rings is 2. The lowest BCUT2D eigenvalue weighted by Crippen LogP contribution is -2.63. The van der Waals surface area contributed by atoms with Crippen LogP contribution in [-0.2, 0) is 5.54 Å². The number of hydrogen-bond acceptors (Lipinski definition) is 9. The second-order valence-electron chi connectivity index (χ2n) is 9.14. The van der Waals surface area contributed by atoms with Crippen molar-refractivity contribution in [3.63, 3.8) is 0 Å². The number of fused-ring (bicyclic) bond motifs is 1. The Hall–Kier alpha value is -3.09. The van der Waals surface area contributed by atoms with Crippen LogP contribution in [0, 0.1) is 17.1 Å². The fourth-order valence-electron chi connectivity index (χ4n) is 4.57. The highest BCUT2D eigenvalue weighted by molar-refractivity contribution is 8.26. The smallest absolute Gasteiger partial charge is 0.232 e. The monoisotopic (exact) mass is 487 g/mol. The SMILES string of the molecule is COc1cnc2c(Nc3cc([C@]4(C)CS(O)(O)[C@@](C)(C5CC5)C(=N)N4)c(F)cn3)nccc2n1. The molecule has 180 valence electrons. The first-order valence-corrected chi connectivity index (χ1v) is 12.5. The molecule has 5 N–H and O–H groups in total. The van der Waals surface area contributed by atoms with Crippen molar-refractivity contribution in [2.24, 2.45) is 5.92 Å². The van der Waals surface area contributed by atoms with Gasteiger partial charge >= 0.3 is 0 Å². The molecule has 5 rings (SSSR count). The molecule has 1 saturated carbocycles. The Bertz CT molecular complexity index is 1300. The molecule has 0 aromatic carbocycles. The molecule has 1 aliphatic carbocycles. The Labute approximate surface area is 197 Å². The molecule has 0 amide bonds. The van der Waals surface area contributed by atoms with E-state index in [0.717, 1.165) is 19.0 Å². The molecule has 1 saturated heterocycles. The molecule has 2 atom stereocenters. The Morgan fingerprint density at radius 3 is 2.68 bits per heavy atom. The topological polar surface area (TPSA) is 149 Å². The van der Waals surface area contributed by atoms with Crippen LogP contribution in [0.4, 0.5) is 16.0 Å². The van der Waals surface area contributed by atoms with Crippen molar-refractivity contribution < 1.29 is 18.2 Å².